The molecule has 0 spiro atoms. The molecule has 0 amide bonds. The second-order valence-electron chi connectivity index (χ2n) is 10.9. The van der Waals surface area contributed by atoms with Crippen LogP contribution in [0.25, 0.3) is 16.9 Å². The van der Waals surface area contributed by atoms with Gasteiger partial charge in [-0.25, -0.2) is 4.57 Å². The highest BCUT2D eigenvalue weighted by atomic mass is 31.2. The van der Waals surface area contributed by atoms with Crippen molar-refractivity contribution in [2.45, 2.75) is 78.3 Å². The molecule has 1 heterocycles. The summed E-state index contributed by atoms with van der Waals surface area (Å²) in [5, 5.41) is 0. The van der Waals surface area contributed by atoms with Crippen LogP contribution in [-0.2, 0) is 20.7 Å². The molecule has 0 radical (unpaired) electrons. The molecule has 1 atom stereocenters. The maximum Gasteiger partial charge on any atom is 0.383 e. The van der Waals surface area contributed by atoms with Crippen LogP contribution in [0.15, 0.2) is 67.2 Å². The van der Waals surface area contributed by atoms with E-state index in [2.05, 4.69) is 52.5 Å². The number of aryl methyl sites for hydroxylation is 1. The molecule has 0 saturated carbocycles. The largest absolute Gasteiger partial charge is 0.457 e. The van der Waals surface area contributed by atoms with E-state index in [4.69, 9.17) is 13.8 Å². The van der Waals surface area contributed by atoms with Crippen LogP contribution in [0.1, 0.15) is 82.1 Å². The zero-order valence-corrected chi connectivity index (χ0v) is 24.4. The zero-order chi connectivity index (χ0) is 27.3. The van der Waals surface area contributed by atoms with Crippen molar-refractivity contribution in [3.05, 3.63) is 89.5 Å². The first-order chi connectivity index (χ1) is 18.2. The van der Waals surface area contributed by atoms with Crippen LogP contribution in [-0.4, -0.2) is 6.61 Å². The number of rotatable bonds is 12. The predicted molar refractivity (Wildman–Crippen MR) is 158 cm³/mol. The van der Waals surface area contributed by atoms with E-state index in [-0.39, 0.29) is 18.2 Å². The lowest BCUT2D eigenvalue weighted by Gasteiger charge is -2.31. The fraction of sp³-hybridized carbons (Fsp3) is 0.394. The molecule has 0 saturated heterocycles. The van der Waals surface area contributed by atoms with Gasteiger partial charge in [0, 0.05) is 11.1 Å². The van der Waals surface area contributed by atoms with Gasteiger partial charge in [0.05, 0.1) is 18.3 Å². The summed E-state index contributed by atoms with van der Waals surface area (Å²) in [5.41, 5.74) is 5.69. The third kappa shape index (κ3) is 6.42. The van der Waals surface area contributed by atoms with Gasteiger partial charge in [-0.15, -0.1) is 0 Å². The summed E-state index contributed by atoms with van der Waals surface area (Å²) in [7, 11) is -3.53. The van der Waals surface area contributed by atoms with Crippen molar-refractivity contribution in [2.75, 3.05) is 6.61 Å². The number of unbranched alkanes of at least 4 members (excludes halogenated alkanes) is 3. The zero-order valence-electron chi connectivity index (χ0n) is 23.5. The normalized spacial score (nSPS) is 14.3. The Kier molecular flexibility index (Phi) is 8.85. The lowest BCUT2D eigenvalue weighted by molar-refractivity contribution is 0.278. The fourth-order valence-electron chi connectivity index (χ4n) is 5.09. The Balaban J connectivity index is 1.83. The van der Waals surface area contributed by atoms with Crippen molar-refractivity contribution in [1.82, 2.24) is 0 Å². The topological polar surface area (TPSA) is 44.8 Å². The van der Waals surface area contributed by atoms with E-state index in [1.54, 1.807) is 0 Å². The molecule has 0 aromatic heterocycles. The maximum atomic E-state index is 14.2. The van der Waals surface area contributed by atoms with E-state index < -0.39 is 7.60 Å². The molecule has 0 aliphatic carbocycles. The van der Waals surface area contributed by atoms with Crippen LogP contribution in [0.2, 0.25) is 0 Å². The smallest absolute Gasteiger partial charge is 0.383 e. The van der Waals surface area contributed by atoms with Crippen LogP contribution in [0.4, 0.5) is 0 Å². The van der Waals surface area contributed by atoms with E-state index in [0.717, 1.165) is 46.2 Å². The van der Waals surface area contributed by atoms with Crippen molar-refractivity contribution in [1.29, 1.82) is 0 Å². The number of hydrogen-bond donors (Lipinski definition) is 0. The van der Waals surface area contributed by atoms with Gasteiger partial charge in [0.15, 0.2) is 0 Å². The Bertz CT molecular complexity index is 1330. The van der Waals surface area contributed by atoms with Gasteiger partial charge in [-0.05, 0) is 48.9 Å². The van der Waals surface area contributed by atoms with Crippen molar-refractivity contribution in [3.63, 3.8) is 0 Å². The van der Waals surface area contributed by atoms with E-state index in [1.165, 1.54) is 19.3 Å². The second-order valence-corrected chi connectivity index (χ2v) is 12.9. The average Bonchev–Trinajstić information content (AvgIpc) is 2.87. The lowest BCUT2D eigenvalue weighted by atomic mass is 9.78. The molecule has 1 aliphatic rings. The van der Waals surface area contributed by atoms with Gasteiger partial charge in [-0.3, -0.25) is 4.52 Å². The van der Waals surface area contributed by atoms with Crippen LogP contribution in [0.3, 0.4) is 0 Å². The standard InChI is InChI=1S/C33H41O4P/c1-7-9-10-14-19-33(5,6)27-21-30-32(29-20-24(3)17-18-28(29)25(4)36-30)31(22-27)37-38(34,35-8-2)23-26-15-12-11-13-16-26/h11-13,15-18,20-22H,4,7-10,14,19,23H2,1-3,5-6H3. The number of benzene rings is 3. The molecule has 5 heteroatoms. The SMILES string of the molecule is C=C1Oc2cc(C(C)(C)CCCCCC)cc(OP(=O)(Cc3ccccc3)OCC)c2-c2cc(C)ccc21. The predicted octanol–water partition coefficient (Wildman–Crippen LogP) is 10.1. The van der Waals surface area contributed by atoms with Crippen LogP contribution in [0.5, 0.6) is 11.5 Å². The summed E-state index contributed by atoms with van der Waals surface area (Å²) in [6.45, 7) is 15.1. The first-order valence-electron chi connectivity index (χ1n) is 13.8. The summed E-state index contributed by atoms with van der Waals surface area (Å²) in [6.07, 6.45) is 6.04. The summed E-state index contributed by atoms with van der Waals surface area (Å²) < 4.78 is 32.8. The number of hydrogen-bond acceptors (Lipinski definition) is 4. The molecular formula is C33H41O4P. The molecule has 0 fully saturated rings. The van der Waals surface area contributed by atoms with Gasteiger partial charge < -0.3 is 9.26 Å². The van der Waals surface area contributed by atoms with Crippen LogP contribution < -0.4 is 9.26 Å². The fourth-order valence-corrected chi connectivity index (χ4v) is 6.79. The minimum atomic E-state index is -3.53. The van der Waals surface area contributed by atoms with Crippen molar-refractivity contribution in [3.8, 4) is 22.6 Å². The van der Waals surface area contributed by atoms with Crippen LogP contribution in [0, 0.1) is 6.92 Å². The highest BCUT2D eigenvalue weighted by Gasteiger charge is 2.33. The van der Waals surface area contributed by atoms with E-state index in [1.807, 2.05) is 49.4 Å². The molecular weight excluding hydrogens is 491 g/mol. The monoisotopic (exact) mass is 532 g/mol. The summed E-state index contributed by atoms with van der Waals surface area (Å²) in [6, 6.07) is 20.1. The molecule has 0 N–H and O–H groups in total. The minimum Gasteiger partial charge on any atom is -0.457 e. The number of fused-ring (bicyclic) bond motifs is 3. The summed E-state index contributed by atoms with van der Waals surface area (Å²) in [4.78, 5) is 0. The molecule has 0 bridgehead atoms. The van der Waals surface area contributed by atoms with E-state index in [9.17, 15) is 4.57 Å². The lowest BCUT2D eigenvalue weighted by Crippen LogP contribution is -2.18. The van der Waals surface area contributed by atoms with Crippen molar-refractivity contribution < 1.29 is 18.3 Å². The van der Waals surface area contributed by atoms with Crippen LogP contribution >= 0.6 is 7.60 Å². The van der Waals surface area contributed by atoms with Gasteiger partial charge in [-0.1, -0.05) is 107 Å². The van der Waals surface area contributed by atoms with Gasteiger partial charge >= 0.3 is 7.60 Å². The Morgan fingerprint density at radius 2 is 1.71 bits per heavy atom. The molecule has 3 aromatic carbocycles. The first-order valence-corrected chi connectivity index (χ1v) is 15.5. The van der Waals surface area contributed by atoms with Gasteiger partial charge in [0.2, 0.25) is 0 Å². The Hall–Kier alpha value is -2.81. The van der Waals surface area contributed by atoms with E-state index >= 15 is 0 Å². The second kappa shape index (κ2) is 11.9. The molecule has 202 valence electrons. The third-order valence-corrected chi connectivity index (χ3v) is 9.14. The van der Waals surface area contributed by atoms with Crippen molar-refractivity contribution in [2.24, 2.45) is 0 Å². The molecule has 4 nitrogen and oxygen atoms in total. The Morgan fingerprint density at radius 1 is 0.947 bits per heavy atom. The average molecular weight is 533 g/mol. The molecule has 1 unspecified atom stereocenters. The Morgan fingerprint density at radius 3 is 2.42 bits per heavy atom. The maximum absolute atomic E-state index is 14.2. The first kappa shape index (κ1) is 28.2. The highest BCUT2D eigenvalue weighted by molar-refractivity contribution is 7.53. The van der Waals surface area contributed by atoms with Gasteiger partial charge in [0.1, 0.15) is 17.3 Å². The number of ether oxygens (including phenoxy) is 1. The minimum absolute atomic E-state index is 0.118. The summed E-state index contributed by atoms with van der Waals surface area (Å²) >= 11 is 0. The third-order valence-electron chi connectivity index (χ3n) is 7.26. The van der Waals surface area contributed by atoms with Gasteiger partial charge in [-0.2, -0.15) is 0 Å². The summed E-state index contributed by atoms with van der Waals surface area (Å²) in [5.74, 6) is 1.82. The Labute approximate surface area is 228 Å². The van der Waals surface area contributed by atoms with Gasteiger partial charge in [0.25, 0.3) is 0 Å². The quantitative estimate of drug-likeness (QED) is 0.172. The van der Waals surface area contributed by atoms with Crippen molar-refractivity contribution >= 4 is 13.4 Å². The molecule has 3 aromatic rings. The highest BCUT2D eigenvalue weighted by Crippen LogP contribution is 2.57. The van der Waals surface area contributed by atoms with E-state index in [0.29, 0.717) is 17.3 Å². The molecule has 1 aliphatic heterocycles. The molecule has 38 heavy (non-hydrogen) atoms. The molecule has 4 rings (SSSR count).